The lowest BCUT2D eigenvalue weighted by Gasteiger charge is -2.22. The first-order chi connectivity index (χ1) is 9.11. The number of benzene rings is 2. The van der Waals surface area contributed by atoms with Gasteiger partial charge in [0.15, 0.2) is 0 Å². The summed E-state index contributed by atoms with van der Waals surface area (Å²) in [6.07, 6.45) is 0. The fourth-order valence-electron chi connectivity index (χ4n) is 2.30. The van der Waals surface area contributed by atoms with E-state index < -0.39 is 0 Å². The number of nitrogens with zero attached hydrogens (tertiary/aromatic N) is 2. The van der Waals surface area contributed by atoms with Gasteiger partial charge < -0.3 is 4.90 Å². The average Bonchev–Trinajstić information content (AvgIpc) is 2.40. The topological polar surface area (TPSA) is 27.0 Å². The van der Waals surface area contributed by atoms with Crippen molar-refractivity contribution in [3.8, 4) is 6.07 Å². The van der Waals surface area contributed by atoms with Crippen LogP contribution in [-0.2, 0) is 6.54 Å². The molecule has 0 spiro atoms. The number of para-hydroxylation sites is 1. The summed E-state index contributed by atoms with van der Waals surface area (Å²) in [6.45, 7) is 4.93. The van der Waals surface area contributed by atoms with E-state index in [1.54, 1.807) is 0 Å². The standard InChI is InChI=1S/C17H18N2/c1-13-7-9-15(10-8-13)12-19(3)17-14(2)5-4-6-16(17)11-18/h4-10H,12H2,1-3H3. The molecule has 0 aliphatic carbocycles. The lowest BCUT2D eigenvalue weighted by molar-refractivity contribution is 0.914. The third-order valence-corrected chi connectivity index (χ3v) is 3.28. The second-order valence-corrected chi connectivity index (χ2v) is 4.92. The summed E-state index contributed by atoms with van der Waals surface area (Å²) in [6, 6.07) is 16.6. The molecule has 2 heteroatoms. The Morgan fingerprint density at radius 3 is 2.37 bits per heavy atom. The van der Waals surface area contributed by atoms with Gasteiger partial charge in [0.05, 0.1) is 11.3 Å². The van der Waals surface area contributed by atoms with Gasteiger partial charge >= 0.3 is 0 Å². The zero-order valence-corrected chi connectivity index (χ0v) is 11.6. The van der Waals surface area contributed by atoms with Gasteiger partial charge in [-0.15, -0.1) is 0 Å². The highest BCUT2D eigenvalue weighted by Gasteiger charge is 2.10. The molecule has 0 fully saturated rings. The maximum atomic E-state index is 9.22. The second kappa shape index (κ2) is 5.58. The fraction of sp³-hybridized carbons (Fsp3) is 0.235. The Morgan fingerprint density at radius 2 is 1.74 bits per heavy atom. The minimum Gasteiger partial charge on any atom is -0.369 e. The summed E-state index contributed by atoms with van der Waals surface area (Å²) in [5.41, 5.74) is 5.40. The number of aryl methyl sites for hydroxylation is 2. The van der Waals surface area contributed by atoms with Crippen LogP contribution in [0, 0.1) is 25.2 Å². The van der Waals surface area contributed by atoms with Crippen LogP contribution in [0.4, 0.5) is 5.69 Å². The highest BCUT2D eigenvalue weighted by molar-refractivity contribution is 5.63. The SMILES string of the molecule is Cc1ccc(CN(C)c2c(C)cccc2C#N)cc1. The Kier molecular flexibility index (Phi) is 3.87. The molecule has 0 saturated carbocycles. The van der Waals surface area contributed by atoms with E-state index in [1.807, 2.05) is 32.2 Å². The number of hydrogen-bond donors (Lipinski definition) is 0. The van der Waals surface area contributed by atoms with Crippen LogP contribution in [0.2, 0.25) is 0 Å². The number of anilines is 1. The minimum atomic E-state index is 0.731. The Balaban J connectivity index is 2.28. The molecule has 2 aromatic rings. The van der Waals surface area contributed by atoms with E-state index in [2.05, 4.69) is 42.2 Å². The summed E-state index contributed by atoms with van der Waals surface area (Å²) in [5.74, 6) is 0. The summed E-state index contributed by atoms with van der Waals surface area (Å²) in [7, 11) is 2.03. The first-order valence-corrected chi connectivity index (χ1v) is 6.38. The van der Waals surface area contributed by atoms with Crippen molar-refractivity contribution < 1.29 is 0 Å². The smallest absolute Gasteiger partial charge is 0.101 e. The van der Waals surface area contributed by atoms with Crippen molar-refractivity contribution in [3.63, 3.8) is 0 Å². The molecule has 19 heavy (non-hydrogen) atoms. The zero-order chi connectivity index (χ0) is 13.8. The van der Waals surface area contributed by atoms with E-state index in [-0.39, 0.29) is 0 Å². The molecule has 0 aromatic heterocycles. The van der Waals surface area contributed by atoms with Gasteiger partial charge in [-0.3, -0.25) is 0 Å². The molecule has 2 rings (SSSR count). The number of rotatable bonds is 3. The van der Waals surface area contributed by atoms with E-state index in [9.17, 15) is 5.26 Å². The second-order valence-electron chi connectivity index (χ2n) is 4.92. The molecular weight excluding hydrogens is 232 g/mol. The van der Waals surface area contributed by atoms with Crippen LogP contribution in [0.25, 0.3) is 0 Å². The van der Waals surface area contributed by atoms with Crippen LogP contribution >= 0.6 is 0 Å². The predicted octanol–water partition coefficient (Wildman–Crippen LogP) is 3.81. The predicted molar refractivity (Wildman–Crippen MR) is 79.2 cm³/mol. The molecule has 0 aliphatic rings. The Hall–Kier alpha value is -2.27. The van der Waals surface area contributed by atoms with Crippen molar-refractivity contribution in [2.24, 2.45) is 0 Å². The van der Waals surface area contributed by atoms with Crippen molar-refractivity contribution in [1.82, 2.24) is 0 Å². The first kappa shape index (κ1) is 13.2. The molecule has 0 unspecified atom stereocenters. The third-order valence-electron chi connectivity index (χ3n) is 3.28. The maximum absolute atomic E-state index is 9.22. The third kappa shape index (κ3) is 2.95. The zero-order valence-electron chi connectivity index (χ0n) is 11.6. The summed E-state index contributed by atoms with van der Waals surface area (Å²) >= 11 is 0. The van der Waals surface area contributed by atoms with Gasteiger partial charge in [0, 0.05) is 13.6 Å². The Bertz CT molecular complexity index is 606. The molecule has 0 radical (unpaired) electrons. The maximum Gasteiger partial charge on any atom is 0.101 e. The lowest BCUT2D eigenvalue weighted by atomic mass is 10.1. The number of nitriles is 1. The van der Waals surface area contributed by atoms with Crippen LogP contribution in [0.5, 0.6) is 0 Å². The normalized spacial score (nSPS) is 10.0. The van der Waals surface area contributed by atoms with Gasteiger partial charge in [-0.1, -0.05) is 42.0 Å². The van der Waals surface area contributed by atoms with E-state index in [4.69, 9.17) is 0 Å². The quantitative estimate of drug-likeness (QED) is 0.828. The molecule has 96 valence electrons. The van der Waals surface area contributed by atoms with Crippen LogP contribution in [0.3, 0.4) is 0 Å². The van der Waals surface area contributed by atoms with E-state index in [0.717, 1.165) is 23.4 Å². The molecular formula is C17H18N2. The Morgan fingerprint density at radius 1 is 1.05 bits per heavy atom. The van der Waals surface area contributed by atoms with Gasteiger partial charge in [0.25, 0.3) is 0 Å². The monoisotopic (exact) mass is 250 g/mol. The largest absolute Gasteiger partial charge is 0.369 e. The van der Waals surface area contributed by atoms with Crippen molar-refractivity contribution in [2.45, 2.75) is 20.4 Å². The Labute approximate surface area is 114 Å². The van der Waals surface area contributed by atoms with Gasteiger partial charge in [0.2, 0.25) is 0 Å². The number of hydrogen-bond acceptors (Lipinski definition) is 2. The molecule has 2 nitrogen and oxygen atoms in total. The van der Waals surface area contributed by atoms with Crippen LogP contribution < -0.4 is 4.90 Å². The van der Waals surface area contributed by atoms with Crippen molar-refractivity contribution in [1.29, 1.82) is 5.26 Å². The lowest BCUT2D eigenvalue weighted by Crippen LogP contribution is -2.18. The summed E-state index contributed by atoms with van der Waals surface area (Å²) in [5, 5.41) is 9.22. The van der Waals surface area contributed by atoms with Gasteiger partial charge in [0.1, 0.15) is 6.07 Å². The first-order valence-electron chi connectivity index (χ1n) is 6.38. The molecule has 0 bridgehead atoms. The molecule has 0 saturated heterocycles. The van der Waals surface area contributed by atoms with E-state index >= 15 is 0 Å². The molecule has 0 aliphatic heterocycles. The van der Waals surface area contributed by atoms with Gasteiger partial charge in [-0.05, 0) is 31.0 Å². The minimum absolute atomic E-state index is 0.731. The fourth-order valence-corrected chi connectivity index (χ4v) is 2.30. The molecule has 0 atom stereocenters. The highest BCUT2D eigenvalue weighted by atomic mass is 15.1. The van der Waals surface area contributed by atoms with Gasteiger partial charge in [-0.25, -0.2) is 0 Å². The average molecular weight is 250 g/mol. The van der Waals surface area contributed by atoms with Crippen molar-refractivity contribution in [2.75, 3.05) is 11.9 Å². The molecule has 2 aromatic carbocycles. The van der Waals surface area contributed by atoms with Crippen molar-refractivity contribution >= 4 is 5.69 Å². The summed E-state index contributed by atoms with van der Waals surface area (Å²) < 4.78 is 0. The van der Waals surface area contributed by atoms with E-state index in [0.29, 0.717) is 0 Å². The van der Waals surface area contributed by atoms with Crippen LogP contribution in [-0.4, -0.2) is 7.05 Å². The van der Waals surface area contributed by atoms with Crippen molar-refractivity contribution in [3.05, 3.63) is 64.7 Å². The van der Waals surface area contributed by atoms with E-state index in [1.165, 1.54) is 11.1 Å². The molecule has 0 heterocycles. The van der Waals surface area contributed by atoms with Crippen LogP contribution in [0.15, 0.2) is 42.5 Å². The van der Waals surface area contributed by atoms with Gasteiger partial charge in [-0.2, -0.15) is 5.26 Å². The van der Waals surface area contributed by atoms with Crippen LogP contribution in [0.1, 0.15) is 22.3 Å². The molecule has 0 N–H and O–H groups in total. The summed E-state index contributed by atoms with van der Waals surface area (Å²) in [4.78, 5) is 2.14. The molecule has 0 amide bonds. The highest BCUT2D eigenvalue weighted by Crippen LogP contribution is 2.25.